The lowest BCUT2D eigenvalue weighted by atomic mass is 9.88. The molecular formula is C19H21NO2S. The van der Waals surface area contributed by atoms with E-state index in [-0.39, 0.29) is 5.25 Å². The van der Waals surface area contributed by atoms with Gasteiger partial charge in [-0.15, -0.1) is 0 Å². The summed E-state index contributed by atoms with van der Waals surface area (Å²) in [4.78, 5) is 2.76. The van der Waals surface area contributed by atoms with E-state index in [1.807, 2.05) is 42.5 Å². The number of rotatable bonds is 3. The lowest BCUT2D eigenvalue weighted by Gasteiger charge is -2.44. The van der Waals surface area contributed by atoms with E-state index in [0.29, 0.717) is 17.4 Å². The molecule has 3 heterocycles. The molecule has 0 N–H and O–H groups in total. The molecule has 23 heavy (non-hydrogen) atoms. The summed E-state index contributed by atoms with van der Waals surface area (Å²) in [6.07, 6.45) is 2.04. The Kier molecular flexibility index (Phi) is 3.74. The molecule has 0 amide bonds. The molecule has 0 aliphatic carbocycles. The Balaban J connectivity index is 1.62. The SMILES string of the molecule is O=S(=O)(c1ccc(-c2ccccc2)cc1)[C@@H]1CN2CCC1CC2. The van der Waals surface area contributed by atoms with Gasteiger partial charge in [0.2, 0.25) is 0 Å². The van der Waals surface area contributed by atoms with Crippen molar-refractivity contribution in [1.29, 1.82) is 0 Å². The van der Waals surface area contributed by atoms with Crippen LogP contribution in [0.1, 0.15) is 12.8 Å². The summed E-state index contributed by atoms with van der Waals surface area (Å²) in [7, 11) is -3.23. The van der Waals surface area contributed by atoms with Gasteiger partial charge in [0.25, 0.3) is 0 Å². The van der Waals surface area contributed by atoms with Crippen LogP contribution in [-0.2, 0) is 9.84 Å². The van der Waals surface area contributed by atoms with Crippen LogP contribution in [0.15, 0.2) is 59.5 Å². The Morgan fingerprint density at radius 2 is 1.43 bits per heavy atom. The van der Waals surface area contributed by atoms with Crippen LogP contribution < -0.4 is 0 Å². The van der Waals surface area contributed by atoms with Crippen molar-refractivity contribution in [2.75, 3.05) is 19.6 Å². The van der Waals surface area contributed by atoms with E-state index >= 15 is 0 Å². The molecule has 3 aliphatic heterocycles. The van der Waals surface area contributed by atoms with Gasteiger partial charge in [-0.2, -0.15) is 0 Å². The summed E-state index contributed by atoms with van der Waals surface area (Å²) in [6, 6.07) is 17.4. The summed E-state index contributed by atoms with van der Waals surface area (Å²) in [5.74, 6) is 0.332. The first-order chi connectivity index (χ1) is 11.1. The van der Waals surface area contributed by atoms with E-state index < -0.39 is 9.84 Å². The average Bonchev–Trinajstić information content (AvgIpc) is 2.63. The summed E-state index contributed by atoms with van der Waals surface area (Å²) in [5, 5.41) is -0.229. The molecule has 0 radical (unpaired) electrons. The van der Waals surface area contributed by atoms with E-state index in [9.17, 15) is 8.42 Å². The van der Waals surface area contributed by atoms with Gasteiger partial charge in [-0.1, -0.05) is 42.5 Å². The zero-order valence-corrected chi connectivity index (χ0v) is 13.9. The molecule has 0 saturated carbocycles. The first-order valence-electron chi connectivity index (χ1n) is 8.26. The number of hydrogen-bond acceptors (Lipinski definition) is 3. The molecule has 4 heteroatoms. The van der Waals surface area contributed by atoms with E-state index in [0.717, 1.165) is 37.1 Å². The van der Waals surface area contributed by atoms with Crippen LogP contribution in [0.3, 0.4) is 0 Å². The van der Waals surface area contributed by atoms with Gasteiger partial charge in [-0.25, -0.2) is 8.42 Å². The first kappa shape index (κ1) is 14.9. The van der Waals surface area contributed by atoms with E-state index in [2.05, 4.69) is 4.90 Å². The van der Waals surface area contributed by atoms with Crippen LogP contribution in [0.25, 0.3) is 11.1 Å². The zero-order valence-electron chi connectivity index (χ0n) is 13.1. The maximum Gasteiger partial charge on any atom is 0.182 e. The van der Waals surface area contributed by atoms with Crippen LogP contribution in [0.4, 0.5) is 0 Å². The summed E-state index contributed by atoms with van der Waals surface area (Å²) >= 11 is 0. The standard InChI is InChI=1S/C19H21NO2S/c21-23(22,19-14-20-12-10-17(19)11-13-20)18-8-6-16(7-9-18)15-4-2-1-3-5-15/h1-9,17,19H,10-14H2/t19-/m1/s1. The van der Waals surface area contributed by atoms with Gasteiger partial charge in [0.05, 0.1) is 10.1 Å². The summed E-state index contributed by atoms with van der Waals surface area (Å²) in [6.45, 7) is 2.82. The predicted octanol–water partition coefficient (Wildman–Crippen LogP) is 3.22. The lowest BCUT2D eigenvalue weighted by Crippen LogP contribution is -2.53. The van der Waals surface area contributed by atoms with Crippen molar-refractivity contribution in [2.24, 2.45) is 5.92 Å². The van der Waals surface area contributed by atoms with Gasteiger partial charge in [-0.05, 0) is 55.1 Å². The maximum atomic E-state index is 13.0. The molecule has 0 aromatic heterocycles. The van der Waals surface area contributed by atoms with Gasteiger partial charge in [0, 0.05) is 6.54 Å². The molecule has 3 aliphatic rings. The number of fused-ring (bicyclic) bond motifs is 3. The lowest BCUT2D eigenvalue weighted by molar-refractivity contribution is 0.114. The molecule has 2 aromatic carbocycles. The highest BCUT2D eigenvalue weighted by molar-refractivity contribution is 7.92. The van der Waals surface area contributed by atoms with Gasteiger partial charge >= 0.3 is 0 Å². The molecule has 0 spiro atoms. The van der Waals surface area contributed by atoms with Gasteiger partial charge in [0.15, 0.2) is 9.84 Å². The zero-order chi connectivity index (χ0) is 15.9. The van der Waals surface area contributed by atoms with Crippen molar-refractivity contribution in [3.63, 3.8) is 0 Å². The topological polar surface area (TPSA) is 37.4 Å². The van der Waals surface area contributed by atoms with Crippen molar-refractivity contribution in [3.05, 3.63) is 54.6 Å². The molecule has 3 fully saturated rings. The second-order valence-corrected chi connectivity index (χ2v) is 8.78. The fourth-order valence-corrected chi connectivity index (χ4v) is 5.96. The normalized spacial score (nSPS) is 27.0. The summed E-state index contributed by atoms with van der Waals surface area (Å²) < 4.78 is 26.0. The second kappa shape index (κ2) is 5.77. The Morgan fingerprint density at radius 3 is 2.00 bits per heavy atom. The third-order valence-corrected chi connectivity index (χ3v) is 7.55. The highest BCUT2D eigenvalue weighted by atomic mass is 32.2. The monoisotopic (exact) mass is 327 g/mol. The van der Waals surface area contributed by atoms with Crippen molar-refractivity contribution >= 4 is 9.84 Å². The van der Waals surface area contributed by atoms with Crippen LogP contribution in [-0.4, -0.2) is 38.2 Å². The number of piperidine rings is 3. The number of sulfone groups is 1. The minimum atomic E-state index is -3.23. The van der Waals surface area contributed by atoms with E-state index in [4.69, 9.17) is 0 Å². The minimum absolute atomic E-state index is 0.229. The largest absolute Gasteiger partial charge is 0.302 e. The van der Waals surface area contributed by atoms with Crippen molar-refractivity contribution in [1.82, 2.24) is 4.90 Å². The third-order valence-electron chi connectivity index (χ3n) is 5.28. The highest BCUT2D eigenvalue weighted by Gasteiger charge is 2.42. The number of benzene rings is 2. The highest BCUT2D eigenvalue weighted by Crippen LogP contribution is 2.35. The quantitative estimate of drug-likeness (QED) is 0.868. The van der Waals surface area contributed by atoms with E-state index in [1.165, 1.54) is 0 Å². The Hall–Kier alpha value is -1.65. The second-order valence-electron chi connectivity index (χ2n) is 6.61. The van der Waals surface area contributed by atoms with Gasteiger partial charge in [-0.3, -0.25) is 0 Å². The summed E-state index contributed by atoms with van der Waals surface area (Å²) in [5.41, 5.74) is 2.16. The van der Waals surface area contributed by atoms with Crippen LogP contribution in [0.5, 0.6) is 0 Å². The van der Waals surface area contributed by atoms with Crippen LogP contribution in [0, 0.1) is 5.92 Å². The molecule has 2 bridgehead atoms. The predicted molar refractivity (Wildman–Crippen MR) is 92.0 cm³/mol. The molecule has 2 aromatic rings. The number of hydrogen-bond donors (Lipinski definition) is 0. The first-order valence-corrected chi connectivity index (χ1v) is 9.81. The van der Waals surface area contributed by atoms with Crippen LogP contribution in [0.2, 0.25) is 0 Å². The molecule has 3 saturated heterocycles. The Morgan fingerprint density at radius 1 is 0.826 bits per heavy atom. The molecular weight excluding hydrogens is 306 g/mol. The number of nitrogens with zero attached hydrogens (tertiary/aromatic N) is 1. The van der Waals surface area contributed by atoms with Crippen LogP contribution >= 0.6 is 0 Å². The smallest absolute Gasteiger partial charge is 0.182 e. The van der Waals surface area contributed by atoms with Crippen molar-refractivity contribution < 1.29 is 8.42 Å². The molecule has 120 valence electrons. The van der Waals surface area contributed by atoms with Gasteiger partial charge < -0.3 is 4.90 Å². The van der Waals surface area contributed by atoms with Crippen molar-refractivity contribution in [2.45, 2.75) is 23.0 Å². The third kappa shape index (κ3) is 2.70. The molecule has 1 atom stereocenters. The molecule has 5 rings (SSSR count). The molecule has 3 nitrogen and oxygen atoms in total. The van der Waals surface area contributed by atoms with Crippen molar-refractivity contribution in [3.8, 4) is 11.1 Å². The maximum absolute atomic E-state index is 13.0. The minimum Gasteiger partial charge on any atom is -0.302 e. The average molecular weight is 327 g/mol. The Bertz CT molecular complexity index is 776. The fourth-order valence-electron chi connectivity index (χ4n) is 3.90. The Labute approximate surface area is 137 Å². The van der Waals surface area contributed by atoms with E-state index in [1.54, 1.807) is 12.1 Å². The van der Waals surface area contributed by atoms with Gasteiger partial charge in [0.1, 0.15) is 0 Å². The molecule has 0 unspecified atom stereocenters. The fraction of sp³-hybridized carbons (Fsp3) is 0.368.